The van der Waals surface area contributed by atoms with Crippen LogP contribution in [0.3, 0.4) is 0 Å². The number of fused-ring (bicyclic) bond motifs is 1. The molecule has 0 saturated carbocycles. The lowest BCUT2D eigenvalue weighted by Crippen LogP contribution is -2.15. The van der Waals surface area contributed by atoms with Crippen LogP contribution in [0.5, 0.6) is 0 Å². The fourth-order valence-corrected chi connectivity index (χ4v) is 2.17. The van der Waals surface area contributed by atoms with Crippen LogP contribution in [0.15, 0.2) is 29.2 Å². The fourth-order valence-electron chi connectivity index (χ4n) is 1.51. The molecular formula is C11H9NO3S. The molecule has 0 saturated heterocycles. The van der Waals surface area contributed by atoms with Gasteiger partial charge in [-0.15, -0.1) is 0 Å². The number of hydrogen-bond donors (Lipinski definition) is 1. The zero-order chi connectivity index (χ0) is 11.9. The van der Waals surface area contributed by atoms with Crippen molar-refractivity contribution < 1.29 is 13.2 Å². The summed E-state index contributed by atoms with van der Waals surface area (Å²) in [6.07, 6.45) is 4.07. The molecule has 0 radical (unpaired) electrons. The zero-order valence-corrected chi connectivity index (χ0v) is 9.34. The summed E-state index contributed by atoms with van der Waals surface area (Å²) in [4.78, 5) is 11.7. The van der Waals surface area contributed by atoms with E-state index in [2.05, 4.69) is 0 Å². The minimum atomic E-state index is -3.27. The summed E-state index contributed by atoms with van der Waals surface area (Å²) in [6, 6.07) is 4.29. The molecular weight excluding hydrogens is 226 g/mol. The molecule has 0 heterocycles. The molecule has 0 spiro atoms. The zero-order valence-electron chi connectivity index (χ0n) is 8.52. The van der Waals surface area contributed by atoms with E-state index in [9.17, 15) is 13.2 Å². The molecule has 4 nitrogen and oxygen atoms in total. The van der Waals surface area contributed by atoms with Crippen LogP contribution in [-0.2, 0) is 9.84 Å². The molecule has 82 valence electrons. The largest absolute Gasteiger partial charge is 0.297 e. The van der Waals surface area contributed by atoms with Gasteiger partial charge in [0.25, 0.3) is 0 Å². The van der Waals surface area contributed by atoms with Crippen LogP contribution in [0.2, 0.25) is 0 Å². The van der Waals surface area contributed by atoms with E-state index < -0.39 is 9.84 Å². The van der Waals surface area contributed by atoms with Crippen LogP contribution in [0.4, 0.5) is 0 Å². The minimum absolute atomic E-state index is 0.0837. The molecule has 0 unspecified atom stereocenters. The van der Waals surface area contributed by atoms with Crippen LogP contribution in [0, 0.1) is 5.41 Å². The number of benzene rings is 1. The molecule has 1 N–H and O–H groups in total. The van der Waals surface area contributed by atoms with Crippen LogP contribution in [0.25, 0.3) is 6.08 Å². The van der Waals surface area contributed by atoms with E-state index in [4.69, 9.17) is 5.41 Å². The van der Waals surface area contributed by atoms with E-state index in [-0.39, 0.29) is 16.4 Å². The first kappa shape index (κ1) is 10.8. The van der Waals surface area contributed by atoms with E-state index in [0.717, 1.165) is 6.26 Å². The molecule has 1 aromatic rings. The molecule has 1 aliphatic carbocycles. The van der Waals surface area contributed by atoms with E-state index in [1.54, 1.807) is 6.08 Å². The molecule has 0 amide bonds. The fraction of sp³-hybridized carbons (Fsp3) is 0.0909. The number of Topliss-reactive ketones (excluding diaryl/α,β-unsaturated/α-hetero) is 1. The van der Waals surface area contributed by atoms with Crippen molar-refractivity contribution in [2.75, 3.05) is 6.26 Å². The average Bonchev–Trinajstić information content (AvgIpc) is 2.22. The van der Waals surface area contributed by atoms with Gasteiger partial charge in [-0.2, -0.15) is 0 Å². The number of hydrogen-bond acceptors (Lipinski definition) is 4. The second kappa shape index (κ2) is 3.38. The van der Waals surface area contributed by atoms with Crippen molar-refractivity contribution in [1.29, 1.82) is 5.41 Å². The summed E-state index contributed by atoms with van der Waals surface area (Å²) in [5.41, 5.74) is 0.837. The van der Waals surface area contributed by atoms with Gasteiger partial charge < -0.3 is 0 Å². The van der Waals surface area contributed by atoms with Gasteiger partial charge in [-0.1, -0.05) is 6.08 Å². The van der Waals surface area contributed by atoms with Crippen molar-refractivity contribution in [3.05, 3.63) is 35.4 Å². The number of carbonyl (C=O) groups is 1. The predicted octanol–water partition coefficient (Wildman–Crippen LogP) is 1.32. The second-order valence-corrected chi connectivity index (χ2v) is 5.61. The first-order valence-electron chi connectivity index (χ1n) is 4.55. The van der Waals surface area contributed by atoms with Gasteiger partial charge in [0, 0.05) is 11.8 Å². The molecule has 0 aromatic heterocycles. The predicted molar refractivity (Wildman–Crippen MR) is 60.6 cm³/mol. The number of allylic oxidation sites excluding steroid dienone is 1. The van der Waals surface area contributed by atoms with Crippen molar-refractivity contribution in [3.63, 3.8) is 0 Å². The Bertz CT molecular complexity index is 627. The van der Waals surface area contributed by atoms with Gasteiger partial charge in [0.2, 0.25) is 5.78 Å². The van der Waals surface area contributed by atoms with Gasteiger partial charge in [-0.3, -0.25) is 10.2 Å². The Kier molecular flexibility index (Phi) is 2.27. The molecule has 0 aliphatic heterocycles. The number of sulfone groups is 1. The highest BCUT2D eigenvalue weighted by Gasteiger charge is 2.19. The Hall–Kier alpha value is -1.75. The van der Waals surface area contributed by atoms with E-state index in [1.807, 2.05) is 0 Å². The molecule has 1 aliphatic rings. The maximum atomic E-state index is 11.6. The topological polar surface area (TPSA) is 75.1 Å². The number of nitrogens with one attached hydrogen (secondary N) is 1. The Morgan fingerprint density at radius 3 is 2.50 bits per heavy atom. The first-order valence-corrected chi connectivity index (χ1v) is 6.44. The Balaban J connectivity index is 2.65. The lowest BCUT2D eigenvalue weighted by Gasteiger charge is -2.10. The average molecular weight is 235 g/mol. The molecule has 1 aromatic carbocycles. The third-order valence-electron chi connectivity index (χ3n) is 2.37. The van der Waals surface area contributed by atoms with Crippen molar-refractivity contribution >= 4 is 27.4 Å². The summed E-state index contributed by atoms with van der Waals surface area (Å²) >= 11 is 0. The van der Waals surface area contributed by atoms with Gasteiger partial charge >= 0.3 is 0 Å². The second-order valence-electron chi connectivity index (χ2n) is 3.60. The lowest BCUT2D eigenvalue weighted by molar-refractivity contribution is 0.106. The van der Waals surface area contributed by atoms with E-state index in [1.165, 1.54) is 24.3 Å². The van der Waals surface area contributed by atoms with Crippen LogP contribution in [-0.4, -0.2) is 26.2 Å². The highest BCUT2D eigenvalue weighted by molar-refractivity contribution is 7.90. The SMILES string of the molecule is CS(=O)(=O)c1ccc2c(c1)C=CC(=N)C2=O. The normalized spacial score (nSPS) is 15.1. The van der Waals surface area contributed by atoms with E-state index in [0.29, 0.717) is 11.1 Å². The smallest absolute Gasteiger partial charge is 0.211 e. The summed E-state index contributed by atoms with van der Waals surface area (Å²) in [5.74, 6) is -0.377. The summed E-state index contributed by atoms with van der Waals surface area (Å²) in [5, 5.41) is 7.35. The Morgan fingerprint density at radius 2 is 1.88 bits per heavy atom. The van der Waals surface area contributed by atoms with Gasteiger partial charge in [0.15, 0.2) is 9.84 Å². The monoisotopic (exact) mass is 235 g/mol. The maximum Gasteiger partial charge on any atom is 0.211 e. The standard InChI is InChI=1S/C11H9NO3S/c1-16(14,15)8-3-4-9-7(6-8)2-5-10(12)11(9)13/h2-6,12H,1H3. The van der Waals surface area contributed by atoms with Gasteiger partial charge in [0.1, 0.15) is 5.71 Å². The van der Waals surface area contributed by atoms with Gasteiger partial charge in [0.05, 0.1) is 4.90 Å². The number of rotatable bonds is 1. The highest BCUT2D eigenvalue weighted by atomic mass is 32.2. The minimum Gasteiger partial charge on any atom is -0.297 e. The number of ketones is 1. The van der Waals surface area contributed by atoms with Crippen molar-refractivity contribution in [1.82, 2.24) is 0 Å². The quantitative estimate of drug-likeness (QED) is 0.797. The first-order chi connectivity index (χ1) is 7.39. The third kappa shape index (κ3) is 1.69. The van der Waals surface area contributed by atoms with Crippen molar-refractivity contribution in [2.45, 2.75) is 4.90 Å². The molecule has 5 heteroatoms. The van der Waals surface area contributed by atoms with Crippen LogP contribution < -0.4 is 0 Å². The molecule has 0 fully saturated rings. The Morgan fingerprint density at radius 1 is 1.19 bits per heavy atom. The Labute approximate surface area is 93.0 Å². The summed E-state index contributed by atoms with van der Waals surface area (Å²) in [7, 11) is -3.27. The number of carbonyl (C=O) groups excluding carboxylic acids is 1. The van der Waals surface area contributed by atoms with Gasteiger partial charge in [-0.05, 0) is 29.8 Å². The highest BCUT2D eigenvalue weighted by Crippen LogP contribution is 2.21. The molecule has 2 rings (SSSR count). The van der Waals surface area contributed by atoms with Crippen molar-refractivity contribution in [3.8, 4) is 0 Å². The molecule has 16 heavy (non-hydrogen) atoms. The maximum absolute atomic E-state index is 11.6. The molecule has 0 atom stereocenters. The van der Waals surface area contributed by atoms with Gasteiger partial charge in [-0.25, -0.2) is 8.42 Å². The van der Waals surface area contributed by atoms with E-state index >= 15 is 0 Å². The van der Waals surface area contributed by atoms with Crippen molar-refractivity contribution in [2.24, 2.45) is 0 Å². The molecule has 0 bridgehead atoms. The lowest BCUT2D eigenvalue weighted by atomic mass is 9.95. The third-order valence-corrected chi connectivity index (χ3v) is 3.48. The summed E-state index contributed by atoms with van der Waals surface area (Å²) < 4.78 is 22.6. The summed E-state index contributed by atoms with van der Waals surface area (Å²) in [6.45, 7) is 0. The van der Waals surface area contributed by atoms with Crippen LogP contribution >= 0.6 is 0 Å². The van der Waals surface area contributed by atoms with Crippen LogP contribution in [0.1, 0.15) is 15.9 Å².